The summed E-state index contributed by atoms with van der Waals surface area (Å²) in [6.45, 7) is -0.115. The monoisotopic (exact) mass is 400 g/mol. The SMILES string of the molecule is COc1cc(CC(=O)OCc2cc(=O)oc3cc(O)ccc23)cc(OC)c1OC. The number of phenolic OH excluding ortho intramolecular Hbond substituents is 1. The van der Waals surface area contributed by atoms with Crippen molar-refractivity contribution in [2.45, 2.75) is 13.0 Å². The maximum atomic E-state index is 12.3. The molecule has 3 rings (SSSR count). The van der Waals surface area contributed by atoms with Crippen LogP contribution in [0.3, 0.4) is 0 Å². The molecular weight excluding hydrogens is 380 g/mol. The number of methoxy groups -OCH3 is 3. The Balaban J connectivity index is 1.77. The van der Waals surface area contributed by atoms with E-state index in [2.05, 4.69) is 0 Å². The molecule has 8 heteroatoms. The van der Waals surface area contributed by atoms with Crippen LogP contribution in [0.15, 0.2) is 45.6 Å². The van der Waals surface area contributed by atoms with Crippen molar-refractivity contribution >= 4 is 16.9 Å². The number of rotatable bonds is 7. The van der Waals surface area contributed by atoms with E-state index in [0.717, 1.165) is 0 Å². The lowest BCUT2D eigenvalue weighted by atomic mass is 10.1. The highest BCUT2D eigenvalue weighted by Crippen LogP contribution is 2.38. The summed E-state index contributed by atoms with van der Waals surface area (Å²) in [7, 11) is 4.47. The topological polar surface area (TPSA) is 104 Å². The summed E-state index contributed by atoms with van der Waals surface area (Å²) in [5, 5.41) is 10.1. The van der Waals surface area contributed by atoms with Gasteiger partial charge in [0.2, 0.25) is 5.75 Å². The molecule has 3 aromatic rings. The van der Waals surface area contributed by atoms with E-state index in [4.69, 9.17) is 23.4 Å². The first kappa shape index (κ1) is 20.1. The molecule has 29 heavy (non-hydrogen) atoms. The third-order valence-electron chi connectivity index (χ3n) is 4.28. The van der Waals surface area contributed by atoms with Crippen LogP contribution in [0.2, 0.25) is 0 Å². The molecule has 1 N–H and O–H groups in total. The van der Waals surface area contributed by atoms with Crippen molar-refractivity contribution in [3.8, 4) is 23.0 Å². The third-order valence-corrected chi connectivity index (χ3v) is 4.28. The molecule has 0 atom stereocenters. The van der Waals surface area contributed by atoms with Gasteiger partial charge in [-0.3, -0.25) is 4.79 Å². The van der Waals surface area contributed by atoms with E-state index in [1.165, 1.54) is 39.5 Å². The second-order valence-corrected chi connectivity index (χ2v) is 6.14. The molecule has 1 aromatic heterocycles. The minimum absolute atomic E-state index is 0.0304. The molecule has 0 aliphatic rings. The van der Waals surface area contributed by atoms with Crippen molar-refractivity contribution in [3.63, 3.8) is 0 Å². The van der Waals surface area contributed by atoms with Crippen molar-refractivity contribution < 1.29 is 33.3 Å². The van der Waals surface area contributed by atoms with Crippen LogP contribution in [0.4, 0.5) is 0 Å². The first-order valence-corrected chi connectivity index (χ1v) is 8.65. The van der Waals surface area contributed by atoms with Crippen molar-refractivity contribution in [1.29, 1.82) is 0 Å². The highest BCUT2D eigenvalue weighted by Gasteiger charge is 2.16. The minimum atomic E-state index is -0.598. The Morgan fingerprint density at radius 1 is 1.00 bits per heavy atom. The van der Waals surface area contributed by atoms with E-state index in [0.29, 0.717) is 33.8 Å². The number of carbonyl (C=O) groups is 1. The summed E-state index contributed by atoms with van der Waals surface area (Å²) in [5.41, 5.74) is 0.716. The van der Waals surface area contributed by atoms with Gasteiger partial charge in [-0.15, -0.1) is 0 Å². The highest BCUT2D eigenvalue weighted by atomic mass is 16.5. The Morgan fingerprint density at radius 2 is 1.69 bits per heavy atom. The number of ether oxygens (including phenoxy) is 4. The highest BCUT2D eigenvalue weighted by molar-refractivity contribution is 5.82. The zero-order chi connectivity index (χ0) is 21.0. The maximum absolute atomic E-state index is 12.3. The predicted molar refractivity (Wildman–Crippen MR) is 104 cm³/mol. The van der Waals surface area contributed by atoms with E-state index in [-0.39, 0.29) is 24.4 Å². The van der Waals surface area contributed by atoms with Crippen LogP contribution in [-0.4, -0.2) is 32.4 Å². The Labute approximate surface area is 166 Å². The summed E-state index contributed by atoms with van der Waals surface area (Å²) in [6, 6.07) is 8.97. The van der Waals surface area contributed by atoms with Gasteiger partial charge in [-0.05, 0) is 29.8 Å². The molecule has 8 nitrogen and oxygen atoms in total. The second-order valence-electron chi connectivity index (χ2n) is 6.14. The molecule has 0 bridgehead atoms. The fourth-order valence-electron chi connectivity index (χ4n) is 2.95. The van der Waals surface area contributed by atoms with Gasteiger partial charge in [0.1, 0.15) is 17.9 Å². The number of benzene rings is 2. The number of hydrogen-bond acceptors (Lipinski definition) is 8. The molecule has 0 saturated heterocycles. The molecular formula is C21H20O8. The summed E-state index contributed by atoms with van der Waals surface area (Å²) in [5.74, 6) is 0.761. The van der Waals surface area contributed by atoms with Crippen LogP contribution in [0.1, 0.15) is 11.1 Å². The largest absolute Gasteiger partial charge is 0.508 e. The lowest BCUT2D eigenvalue weighted by Crippen LogP contribution is -2.10. The van der Waals surface area contributed by atoms with Gasteiger partial charge >= 0.3 is 11.6 Å². The molecule has 0 unspecified atom stereocenters. The number of hydrogen-bond donors (Lipinski definition) is 1. The van der Waals surface area contributed by atoms with Crippen LogP contribution in [-0.2, 0) is 22.6 Å². The van der Waals surface area contributed by atoms with E-state index >= 15 is 0 Å². The summed E-state index contributed by atoms with van der Waals surface area (Å²) in [6.07, 6.45) is -0.0309. The molecule has 0 fully saturated rings. The van der Waals surface area contributed by atoms with E-state index < -0.39 is 11.6 Å². The van der Waals surface area contributed by atoms with Crippen molar-refractivity contribution in [2.75, 3.05) is 21.3 Å². The van der Waals surface area contributed by atoms with Crippen molar-refractivity contribution in [2.24, 2.45) is 0 Å². The first-order valence-electron chi connectivity index (χ1n) is 8.65. The molecule has 0 spiro atoms. The summed E-state index contributed by atoms with van der Waals surface area (Å²) < 4.78 is 26.2. The number of fused-ring (bicyclic) bond motifs is 1. The molecule has 0 aliphatic carbocycles. The fourth-order valence-corrected chi connectivity index (χ4v) is 2.95. The number of phenols is 1. The van der Waals surface area contributed by atoms with E-state index in [1.807, 2.05) is 0 Å². The Hall–Kier alpha value is -3.68. The van der Waals surface area contributed by atoms with Crippen molar-refractivity contribution in [1.82, 2.24) is 0 Å². The molecule has 152 valence electrons. The average Bonchev–Trinajstić information content (AvgIpc) is 2.70. The molecule has 2 aromatic carbocycles. The Morgan fingerprint density at radius 3 is 2.31 bits per heavy atom. The zero-order valence-corrected chi connectivity index (χ0v) is 16.2. The quantitative estimate of drug-likeness (QED) is 0.477. The van der Waals surface area contributed by atoms with Gasteiger partial charge in [-0.2, -0.15) is 0 Å². The Bertz CT molecular complexity index is 1070. The molecule has 0 saturated carbocycles. The van der Waals surface area contributed by atoms with Gasteiger partial charge in [0.25, 0.3) is 0 Å². The van der Waals surface area contributed by atoms with Gasteiger partial charge in [-0.25, -0.2) is 4.79 Å². The molecule has 1 heterocycles. The van der Waals surface area contributed by atoms with Gasteiger partial charge in [0, 0.05) is 23.1 Å². The molecule has 0 aliphatic heterocycles. The smallest absolute Gasteiger partial charge is 0.336 e. The zero-order valence-electron chi connectivity index (χ0n) is 16.2. The average molecular weight is 400 g/mol. The van der Waals surface area contributed by atoms with Crippen molar-refractivity contribution in [3.05, 3.63) is 57.9 Å². The van der Waals surface area contributed by atoms with Gasteiger partial charge in [-0.1, -0.05) is 0 Å². The van der Waals surface area contributed by atoms with E-state index in [9.17, 15) is 14.7 Å². The van der Waals surface area contributed by atoms with Crippen LogP contribution >= 0.6 is 0 Å². The lowest BCUT2D eigenvalue weighted by molar-refractivity contribution is -0.144. The van der Waals surface area contributed by atoms with Gasteiger partial charge in [0.05, 0.1) is 27.8 Å². The number of carbonyl (C=O) groups excluding carboxylic acids is 1. The van der Waals surface area contributed by atoms with Gasteiger partial charge < -0.3 is 28.5 Å². The third kappa shape index (κ3) is 4.43. The van der Waals surface area contributed by atoms with E-state index in [1.54, 1.807) is 18.2 Å². The Kier molecular flexibility index (Phi) is 5.92. The summed E-state index contributed by atoms with van der Waals surface area (Å²) in [4.78, 5) is 24.1. The first-order chi connectivity index (χ1) is 13.9. The minimum Gasteiger partial charge on any atom is -0.508 e. The maximum Gasteiger partial charge on any atom is 0.336 e. The number of esters is 1. The van der Waals surface area contributed by atoms with Crippen LogP contribution in [0.25, 0.3) is 11.0 Å². The lowest BCUT2D eigenvalue weighted by Gasteiger charge is -2.14. The van der Waals surface area contributed by atoms with Crippen LogP contribution in [0, 0.1) is 0 Å². The van der Waals surface area contributed by atoms with Gasteiger partial charge in [0.15, 0.2) is 11.5 Å². The predicted octanol–water partition coefficient (Wildman–Crippen LogP) is 2.81. The fraction of sp³-hybridized carbons (Fsp3) is 0.238. The standard InChI is InChI=1S/C21H20O8/c1-25-17-6-12(7-18(26-2)21(17)27-3)8-19(23)28-11-13-9-20(24)29-16-10-14(22)4-5-15(13)16/h4-7,9-10,22H,8,11H2,1-3H3. The number of aromatic hydroxyl groups is 1. The van der Waals surface area contributed by atoms with Crippen LogP contribution in [0.5, 0.6) is 23.0 Å². The normalized spacial score (nSPS) is 10.6. The summed E-state index contributed by atoms with van der Waals surface area (Å²) >= 11 is 0. The molecule has 0 radical (unpaired) electrons. The van der Waals surface area contributed by atoms with Crippen LogP contribution < -0.4 is 19.8 Å². The molecule has 0 amide bonds. The second kappa shape index (κ2) is 8.55.